The van der Waals surface area contributed by atoms with Crippen LogP contribution in [-0.4, -0.2) is 26.3 Å². The summed E-state index contributed by atoms with van der Waals surface area (Å²) in [6.07, 6.45) is 0. The Balaban J connectivity index is 1.69. The molecule has 27 heavy (non-hydrogen) atoms. The minimum Gasteiger partial charge on any atom is -0.323 e. The summed E-state index contributed by atoms with van der Waals surface area (Å²) in [6.45, 7) is 1.50. The van der Waals surface area contributed by atoms with Crippen molar-refractivity contribution in [2.24, 2.45) is 0 Å². The van der Waals surface area contributed by atoms with Gasteiger partial charge in [-0.25, -0.2) is 22.5 Å². The summed E-state index contributed by atoms with van der Waals surface area (Å²) in [4.78, 5) is 16.3. The summed E-state index contributed by atoms with van der Waals surface area (Å²) in [5.41, 5.74) is -0.258. The first-order chi connectivity index (χ1) is 12.9. The topological polar surface area (TPSA) is 70.7 Å². The Morgan fingerprint density at radius 2 is 1.81 bits per heavy atom. The van der Waals surface area contributed by atoms with Crippen molar-refractivity contribution in [1.29, 1.82) is 0 Å². The third-order valence-corrected chi connectivity index (χ3v) is 4.50. The lowest BCUT2D eigenvalue weighted by atomic mass is 10.2. The SMILES string of the molecule is C[C@@H](Sc1n[nH]c(-c2ccccc2F)n1)C(=O)Nc1ccc(F)c(F)c1F. The molecule has 0 aliphatic heterocycles. The molecular formula is C17H12F4N4OS. The van der Waals surface area contributed by atoms with Gasteiger partial charge >= 0.3 is 0 Å². The zero-order chi connectivity index (χ0) is 19.6. The molecular weight excluding hydrogens is 384 g/mol. The lowest BCUT2D eigenvalue weighted by Gasteiger charge is -2.11. The maximum atomic E-state index is 13.8. The van der Waals surface area contributed by atoms with Crippen LogP contribution in [0.25, 0.3) is 11.4 Å². The second kappa shape index (κ2) is 7.78. The van der Waals surface area contributed by atoms with E-state index < -0.39 is 40.1 Å². The van der Waals surface area contributed by atoms with Crippen molar-refractivity contribution in [2.75, 3.05) is 5.32 Å². The number of carbonyl (C=O) groups is 1. The van der Waals surface area contributed by atoms with Crippen LogP contribution in [0.5, 0.6) is 0 Å². The summed E-state index contributed by atoms with van der Waals surface area (Å²) >= 11 is 0.927. The van der Waals surface area contributed by atoms with E-state index in [2.05, 4.69) is 20.5 Å². The number of benzene rings is 2. The Bertz CT molecular complexity index is 995. The summed E-state index contributed by atoms with van der Waals surface area (Å²) in [7, 11) is 0. The van der Waals surface area contributed by atoms with Crippen LogP contribution in [0, 0.1) is 23.3 Å². The number of halogens is 4. The Morgan fingerprint density at radius 1 is 1.07 bits per heavy atom. The van der Waals surface area contributed by atoms with Gasteiger partial charge in [-0.1, -0.05) is 23.9 Å². The molecule has 0 aliphatic carbocycles. The van der Waals surface area contributed by atoms with Gasteiger partial charge < -0.3 is 5.32 Å². The molecule has 0 fully saturated rings. The van der Waals surface area contributed by atoms with Crippen LogP contribution in [-0.2, 0) is 4.79 Å². The van der Waals surface area contributed by atoms with Gasteiger partial charge in [0.15, 0.2) is 23.3 Å². The third kappa shape index (κ3) is 4.11. The second-order valence-electron chi connectivity index (χ2n) is 5.42. The van der Waals surface area contributed by atoms with Crippen molar-refractivity contribution in [3.8, 4) is 11.4 Å². The number of amides is 1. The average molecular weight is 396 g/mol. The predicted octanol–water partition coefficient (Wildman–Crippen LogP) is 4.15. The normalized spacial score (nSPS) is 12.0. The molecule has 0 unspecified atom stereocenters. The molecule has 1 atom stereocenters. The quantitative estimate of drug-likeness (QED) is 0.386. The number of aromatic amines is 1. The fraction of sp³-hybridized carbons (Fsp3) is 0.118. The highest BCUT2D eigenvalue weighted by Gasteiger charge is 2.21. The van der Waals surface area contributed by atoms with E-state index in [9.17, 15) is 22.4 Å². The Morgan fingerprint density at radius 3 is 2.56 bits per heavy atom. The molecule has 10 heteroatoms. The average Bonchev–Trinajstić information content (AvgIpc) is 3.10. The predicted molar refractivity (Wildman–Crippen MR) is 92.0 cm³/mol. The van der Waals surface area contributed by atoms with E-state index in [0.717, 1.165) is 17.8 Å². The van der Waals surface area contributed by atoms with Gasteiger partial charge in [0.1, 0.15) is 5.82 Å². The van der Waals surface area contributed by atoms with Crippen molar-refractivity contribution >= 4 is 23.4 Å². The fourth-order valence-electron chi connectivity index (χ4n) is 2.14. The fourth-order valence-corrected chi connectivity index (χ4v) is 2.87. The molecule has 5 nitrogen and oxygen atoms in total. The molecule has 3 aromatic rings. The van der Waals surface area contributed by atoms with Crippen LogP contribution in [0.4, 0.5) is 23.2 Å². The van der Waals surface area contributed by atoms with Crippen molar-refractivity contribution in [3.63, 3.8) is 0 Å². The number of nitrogens with zero attached hydrogens (tertiary/aromatic N) is 2. The number of hydrogen-bond donors (Lipinski definition) is 2. The van der Waals surface area contributed by atoms with Crippen LogP contribution in [0.1, 0.15) is 6.92 Å². The number of aromatic nitrogens is 3. The highest BCUT2D eigenvalue weighted by Crippen LogP contribution is 2.26. The first kappa shape index (κ1) is 18.9. The number of rotatable bonds is 5. The smallest absolute Gasteiger partial charge is 0.237 e. The molecule has 0 radical (unpaired) electrons. The zero-order valence-corrected chi connectivity index (χ0v) is 14.6. The summed E-state index contributed by atoms with van der Waals surface area (Å²) in [6, 6.07) is 7.60. The maximum Gasteiger partial charge on any atom is 0.237 e. The van der Waals surface area contributed by atoms with Crippen molar-refractivity contribution in [1.82, 2.24) is 15.2 Å². The molecule has 2 aromatic carbocycles. The number of carbonyl (C=O) groups excluding carboxylic acids is 1. The van der Waals surface area contributed by atoms with Crippen LogP contribution in [0.3, 0.4) is 0 Å². The van der Waals surface area contributed by atoms with Crippen LogP contribution >= 0.6 is 11.8 Å². The van der Waals surface area contributed by atoms with Crippen molar-refractivity contribution in [2.45, 2.75) is 17.3 Å². The van der Waals surface area contributed by atoms with Crippen molar-refractivity contribution in [3.05, 3.63) is 59.7 Å². The van der Waals surface area contributed by atoms with Crippen LogP contribution in [0.2, 0.25) is 0 Å². The van der Waals surface area contributed by atoms with Crippen molar-refractivity contribution < 1.29 is 22.4 Å². The number of hydrogen-bond acceptors (Lipinski definition) is 4. The number of H-pyrrole nitrogens is 1. The first-order valence-electron chi connectivity index (χ1n) is 7.65. The van der Waals surface area contributed by atoms with Gasteiger partial charge in [-0.3, -0.25) is 9.89 Å². The minimum atomic E-state index is -1.67. The van der Waals surface area contributed by atoms with Gasteiger partial charge in [-0.2, -0.15) is 0 Å². The number of nitrogens with one attached hydrogen (secondary N) is 2. The van der Waals surface area contributed by atoms with Gasteiger partial charge in [0.05, 0.1) is 16.5 Å². The summed E-state index contributed by atoms with van der Waals surface area (Å²) in [5.74, 6) is -5.46. The van der Waals surface area contributed by atoms with Gasteiger partial charge in [0, 0.05) is 0 Å². The van der Waals surface area contributed by atoms with E-state index in [0.29, 0.717) is 6.07 Å². The molecule has 1 aromatic heterocycles. The van der Waals surface area contributed by atoms with Crippen LogP contribution < -0.4 is 5.32 Å². The molecule has 3 rings (SSSR count). The monoisotopic (exact) mass is 396 g/mol. The Hall–Kier alpha value is -2.88. The molecule has 0 saturated heterocycles. The van der Waals surface area contributed by atoms with E-state index in [4.69, 9.17) is 0 Å². The standard InChI is InChI=1S/C17H12F4N4OS/c1-8(16(26)22-12-7-6-11(19)13(20)14(12)21)27-17-23-15(24-25-17)9-4-2-3-5-10(9)18/h2-8H,1H3,(H,22,26)(H,23,24,25)/t8-/m1/s1. The minimum absolute atomic E-state index is 0.168. The summed E-state index contributed by atoms with van der Waals surface area (Å²) < 4.78 is 53.6. The largest absolute Gasteiger partial charge is 0.323 e. The molecule has 140 valence electrons. The number of thioether (sulfide) groups is 1. The van der Waals surface area contributed by atoms with Gasteiger partial charge in [0.25, 0.3) is 0 Å². The van der Waals surface area contributed by atoms with Gasteiger partial charge in [-0.15, -0.1) is 5.10 Å². The second-order valence-corrected chi connectivity index (χ2v) is 6.73. The molecule has 0 aliphatic rings. The van der Waals surface area contributed by atoms with E-state index in [-0.39, 0.29) is 16.5 Å². The highest BCUT2D eigenvalue weighted by atomic mass is 32.2. The van der Waals surface area contributed by atoms with E-state index in [1.807, 2.05) is 0 Å². The molecule has 1 heterocycles. The lowest BCUT2D eigenvalue weighted by molar-refractivity contribution is -0.115. The lowest BCUT2D eigenvalue weighted by Crippen LogP contribution is -2.23. The Labute approximate surface area is 155 Å². The van der Waals surface area contributed by atoms with E-state index in [1.165, 1.54) is 25.1 Å². The van der Waals surface area contributed by atoms with Gasteiger partial charge in [0.2, 0.25) is 11.1 Å². The molecule has 1 amide bonds. The van der Waals surface area contributed by atoms with E-state index in [1.54, 1.807) is 6.07 Å². The molecule has 0 spiro atoms. The maximum absolute atomic E-state index is 13.8. The van der Waals surface area contributed by atoms with Gasteiger partial charge in [-0.05, 0) is 31.2 Å². The molecule has 2 N–H and O–H groups in total. The third-order valence-electron chi connectivity index (χ3n) is 3.54. The Kier molecular flexibility index (Phi) is 5.45. The van der Waals surface area contributed by atoms with E-state index >= 15 is 0 Å². The molecule has 0 bridgehead atoms. The van der Waals surface area contributed by atoms with Crippen LogP contribution in [0.15, 0.2) is 41.6 Å². The zero-order valence-electron chi connectivity index (χ0n) is 13.8. The number of anilines is 1. The highest BCUT2D eigenvalue weighted by molar-refractivity contribution is 8.00. The summed E-state index contributed by atoms with van der Waals surface area (Å²) in [5, 5.41) is 8.03. The molecule has 0 saturated carbocycles. The first-order valence-corrected chi connectivity index (χ1v) is 8.53.